The molecule has 0 unspecified atom stereocenters. The maximum atomic E-state index is 12.1. The van der Waals surface area contributed by atoms with Crippen LogP contribution in [0.4, 0.5) is 0 Å². The van der Waals surface area contributed by atoms with Gasteiger partial charge in [-0.15, -0.1) is 0 Å². The second kappa shape index (κ2) is 5.96. The Balaban J connectivity index is 3.05. The van der Waals surface area contributed by atoms with Crippen LogP contribution in [0.1, 0.15) is 29.9 Å². The summed E-state index contributed by atoms with van der Waals surface area (Å²) in [5.41, 5.74) is 4.27. The Morgan fingerprint density at radius 3 is 2.60 bits per heavy atom. The molecule has 0 spiro atoms. The average molecular weight is 277 g/mol. The highest BCUT2D eigenvalue weighted by Gasteiger charge is 2.28. The number of carboxylic acid groups (broad SMARTS) is 1. The molecular formula is C13H15N3O4. The zero-order chi connectivity index (χ0) is 15.3. The molecule has 0 saturated carbocycles. The van der Waals surface area contributed by atoms with Gasteiger partial charge in [0.2, 0.25) is 5.91 Å². The first kappa shape index (κ1) is 15.4. The second-order valence-electron chi connectivity index (χ2n) is 4.56. The normalized spacial score (nSPS) is 11.3. The van der Waals surface area contributed by atoms with Crippen LogP contribution in [0.2, 0.25) is 0 Å². The standard InChI is InChI=1S/C13H15N3O4/c1-13(2,12(14)20)16-11(19)10-8(4-3-7-15-10)5-6-9(17)18/h3-7H,1-2H3,(H2,14,20)(H,16,19)(H,17,18)/b6-5+. The number of aliphatic carboxylic acids is 1. The van der Waals surface area contributed by atoms with E-state index in [4.69, 9.17) is 10.8 Å². The Bertz CT molecular complexity index is 579. The minimum Gasteiger partial charge on any atom is -0.478 e. The van der Waals surface area contributed by atoms with Crippen molar-refractivity contribution in [2.45, 2.75) is 19.4 Å². The molecule has 0 aliphatic heterocycles. The number of carbonyl (C=O) groups is 3. The number of carbonyl (C=O) groups excluding carboxylic acids is 2. The van der Waals surface area contributed by atoms with Crippen LogP contribution in [0.15, 0.2) is 24.4 Å². The minimum atomic E-state index is -1.23. The number of primary amides is 1. The van der Waals surface area contributed by atoms with Crippen molar-refractivity contribution in [1.29, 1.82) is 0 Å². The molecule has 4 N–H and O–H groups in total. The number of aromatic nitrogens is 1. The molecule has 0 bridgehead atoms. The van der Waals surface area contributed by atoms with Crippen molar-refractivity contribution in [2.75, 3.05) is 0 Å². The number of amides is 2. The van der Waals surface area contributed by atoms with Crippen molar-refractivity contribution in [3.05, 3.63) is 35.7 Å². The number of hydrogen-bond acceptors (Lipinski definition) is 4. The topological polar surface area (TPSA) is 122 Å². The van der Waals surface area contributed by atoms with Crippen molar-refractivity contribution >= 4 is 23.9 Å². The van der Waals surface area contributed by atoms with E-state index in [0.717, 1.165) is 6.08 Å². The van der Waals surface area contributed by atoms with Gasteiger partial charge in [0.25, 0.3) is 5.91 Å². The Hall–Kier alpha value is -2.70. The van der Waals surface area contributed by atoms with Gasteiger partial charge in [0.05, 0.1) is 0 Å². The fourth-order valence-corrected chi connectivity index (χ4v) is 1.31. The van der Waals surface area contributed by atoms with E-state index < -0.39 is 23.3 Å². The fourth-order valence-electron chi connectivity index (χ4n) is 1.31. The van der Waals surface area contributed by atoms with E-state index in [0.29, 0.717) is 5.56 Å². The van der Waals surface area contributed by atoms with Crippen LogP contribution in [0.25, 0.3) is 6.08 Å². The highest BCUT2D eigenvalue weighted by molar-refractivity contribution is 6.00. The molecule has 0 saturated heterocycles. The van der Waals surface area contributed by atoms with Gasteiger partial charge >= 0.3 is 5.97 Å². The predicted octanol–water partition coefficient (Wildman–Crippen LogP) is 0.173. The van der Waals surface area contributed by atoms with Crippen molar-refractivity contribution in [3.8, 4) is 0 Å². The largest absolute Gasteiger partial charge is 0.478 e. The smallest absolute Gasteiger partial charge is 0.328 e. The molecule has 0 aromatic carbocycles. The Morgan fingerprint density at radius 1 is 1.40 bits per heavy atom. The number of rotatable bonds is 5. The van der Waals surface area contributed by atoms with Gasteiger partial charge in [-0.2, -0.15) is 0 Å². The van der Waals surface area contributed by atoms with E-state index in [9.17, 15) is 14.4 Å². The molecular weight excluding hydrogens is 262 g/mol. The lowest BCUT2D eigenvalue weighted by Gasteiger charge is -2.22. The molecule has 2 amide bonds. The number of hydrogen-bond donors (Lipinski definition) is 3. The van der Waals surface area contributed by atoms with Gasteiger partial charge in [0.1, 0.15) is 11.2 Å². The second-order valence-corrected chi connectivity index (χ2v) is 4.56. The third-order valence-corrected chi connectivity index (χ3v) is 2.50. The molecule has 7 heteroatoms. The van der Waals surface area contributed by atoms with Crippen LogP contribution in [0.5, 0.6) is 0 Å². The summed E-state index contributed by atoms with van der Waals surface area (Å²) >= 11 is 0. The number of nitrogens with one attached hydrogen (secondary N) is 1. The van der Waals surface area contributed by atoms with Gasteiger partial charge in [-0.1, -0.05) is 6.07 Å². The maximum Gasteiger partial charge on any atom is 0.328 e. The fraction of sp³-hybridized carbons (Fsp3) is 0.231. The number of carboxylic acids is 1. The van der Waals surface area contributed by atoms with Gasteiger partial charge < -0.3 is 16.2 Å². The summed E-state index contributed by atoms with van der Waals surface area (Å²) in [7, 11) is 0. The molecule has 20 heavy (non-hydrogen) atoms. The van der Waals surface area contributed by atoms with E-state index in [1.54, 1.807) is 12.1 Å². The van der Waals surface area contributed by atoms with E-state index in [2.05, 4.69) is 10.3 Å². The molecule has 0 radical (unpaired) electrons. The highest BCUT2D eigenvalue weighted by atomic mass is 16.4. The zero-order valence-electron chi connectivity index (χ0n) is 11.1. The summed E-state index contributed by atoms with van der Waals surface area (Å²) in [5, 5.41) is 11.0. The lowest BCUT2D eigenvalue weighted by molar-refractivity contribution is -0.131. The van der Waals surface area contributed by atoms with Gasteiger partial charge in [-0.25, -0.2) is 4.79 Å². The quantitative estimate of drug-likeness (QED) is 0.662. The summed E-state index contributed by atoms with van der Waals surface area (Å²) in [4.78, 5) is 37.6. The maximum absolute atomic E-state index is 12.1. The van der Waals surface area contributed by atoms with E-state index >= 15 is 0 Å². The Labute approximate surface area is 115 Å². The minimum absolute atomic E-state index is 0.0133. The van der Waals surface area contributed by atoms with Crippen LogP contribution in [0.3, 0.4) is 0 Å². The average Bonchev–Trinajstić information content (AvgIpc) is 2.35. The van der Waals surface area contributed by atoms with Crippen LogP contribution in [-0.4, -0.2) is 33.4 Å². The lowest BCUT2D eigenvalue weighted by atomic mass is 10.0. The van der Waals surface area contributed by atoms with Crippen LogP contribution in [-0.2, 0) is 9.59 Å². The summed E-state index contributed by atoms with van der Waals surface area (Å²) < 4.78 is 0. The van der Waals surface area contributed by atoms with Gasteiger partial charge in [-0.3, -0.25) is 14.6 Å². The lowest BCUT2D eigenvalue weighted by Crippen LogP contribution is -2.53. The molecule has 1 rings (SSSR count). The Kier molecular flexibility index (Phi) is 4.58. The molecule has 1 aromatic rings. The van der Waals surface area contributed by atoms with E-state index in [1.165, 1.54) is 26.1 Å². The molecule has 0 aliphatic carbocycles. The molecule has 106 valence electrons. The third kappa shape index (κ3) is 3.91. The molecule has 0 aliphatic rings. The van der Waals surface area contributed by atoms with Gasteiger partial charge in [-0.05, 0) is 26.0 Å². The first-order valence-electron chi connectivity index (χ1n) is 5.72. The van der Waals surface area contributed by atoms with Crippen LogP contribution in [0, 0.1) is 0 Å². The first-order chi connectivity index (χ1) is 9.24. The van der Waals surface area contributed by atoms with Crippen molar-refractivity contribution in [3.63, 3.8) is 0 Å². The van der Waals surface area contributed by atoms with Crippen LogP contribution < -0.4 is 11.1 Å². The van der Waals surface area contributed by atoms with Gasteiger partial charge in [0, 0.05) is 17.8 Å². The molecule has 7 nitrogen and oxygen atoms in total. The number of nitrogens with two attached hydrogens (primary N) is 1. The predicted molar refractivity (Wildman–Crippen MR) is 71.6 cm³/mol. The Morgan fingerprint density at radius 2 is 2.05 bits per heavy atom. The van der Waals surface area contributed by atoms with E-state index in [1.807, 2.05) is 0 Å². The SMILES string of the molecule is CC(C)(NC(=O)c1ncccc1/C=C/C(=O)O)C(N)=O. The monoisotopic (exact) mass is 277 g/mol. The van der Waals surface area contributed by atoms with Crippen LogP contribution >= 0.6 is 0 Å². The summed E-state index contributed by atoms with van der Waals surface area (Å²) in [6, 6.07) is 3.11. The third-order valence-electron chi connectivity index (χ3n) is 2.50. The summed E-state index contributed by atoms with van der Waals surface area (Å²) in [5.74, 6) is -2.44. The van der Waals surface area contributed by atoms with E-state index in [-0.39, 0.29) is 5.69 Å². The zero-order valence-corrected chi connectivity index (χ0v) is 11.1. The first-order valence-corrected chi connectivity index (χ1v) is 5.72. The highest BCUT2D eigenvalue weighted by Crippen LogP contribution is 2.10. The van der Waals surface area contributed by atoms with Crippen molar-refractivity contribution in [1.82, 2.24) is 10.3 Å². The molecule has 0 atom stereocenters. The molecule has 1 aromatic heterocycles. The number of pyridine rings is 1. The summed E-state index contributed by atoms with van der Waals surface area (Å²) in [6.07, 6.45) is 3.54. The van der Waals surface area contributed by atoms with Crippen molar-refractivity contribution < 1.29 is 19.5 Å². The molecule has 1 heterocycles. The number of nitrogens with zero attached hydrogens (tertiary/aromatic N) is 1. The van der Waals surface area contributed by atoms with Gasteiger partial charge in [0.15, 0.2) is 0 Å². The summed E-state index contributed by atoms with van der Waals surface area (Å²) in [6.45, 7) is 2.92. The van der Waals surface area contributed by atoms with Crippen molar-refractivity contribution in [2.24, 2.45) is 5.73 Å². The molecule has 0 fully saturated rings.